The molecule has 0 bridgehead atoms. The zero-order valence-corrected chi connectivity index (χ0v) is 19.8. The van der Waals surface area contributed by atoms with Crippen molar-refractivity contribution < 1.29 is 0 Å². The smallest absolute Gasteiger partial charge is 0.191 e. The molecule has 0 fully saturated rings. The molecule has 4 nitrogen and oxygen atoms in total. The van der Waals surface area contributed by atoms with Crippen LogP contribution in [0.3, 0.4) is 0 Å². The summed E-state index contributed by atoms with van der Waals surface area (Å²) in [5.74, 6) is 0.847. The minimum absolute atomic E-state index is 0. The van der Waals surface area contributed by atoms with Crippen LogP contribution in [-0.4, -0.2) is 42.6 Å². The van der Waals surface area contributed by atoms with E-state index in [-0.39, 0.29) is 34.3 Å². The van der Waals surface area contributed by atoms with Gasteiger partial charge in [0.15, 0.2) is 5.96 Å². The molecule has 0 spiro atoms. The van der Waals surface area contributed by atoms with Gasteiger partial charge in [-0.15, -0.1) is 24.0 Å². The Morgan fingerprint density at radius 2 is 1.64 bits per heavy atom. The van der Waals surface area contributed by atoms with Gasteiger partial charge < -0.3 is 16.0 Å². The van der Waals surface area contributed by atoms with Crippen molar-refractivity contribution in [2.24, 2.45) is 4.99 Å². The van der Waals surface area contributed by atoms with Gasteiger partial charge in [-0.25, -0.2) is 0 Å². The number of nitrogens with one attached hydrogen (secondary N) is 3. The number of hydrogen-bond acceptors (Lipinski definition) is 3. The van der Waals surface area contributed by atoms with Crippen molar-refractivity contribution in [3.63, 3.8) is 0 Å². The first-order chi connectivity index (χ1) is 11.2. The van der Waals surface area contributed by atoms with Gasteiger partial charge in [-0.2, -0.15) is 11.8 Å². The summed E-state index contributed by atoms with van der Waals surface area (Å²) >= 11 is 1.85. The Hall–Kier alpha value is -0.470. The third-order valence-electron chi connectivity index (χ3n) is 4.06. The molecule has 0 amide bonds. The van der Waals surface area contributed by atoms with Crippen LogP contribution in [0.4, 0.5) is 0 Å². The highest BCUT2D eigenvalue weighted by atomic mass is 127. The van der Waals surface area contributed by atoms with Gasteiger partial charge in [-0.1, -0.05) is 30.3 Å². The van der Waals surface area contributed by atoms with Crippen molar-refractivity contribution in [2.45, 2.75) is 50.9 Å². The van der Waals surface area contributed by atoms with E-state index in [1.54, 1.807) is 0 Å². The number of nitrogens with zero attached hydrogens (tertiary/aromatic N) is 1. The van der Waals surface area contributed by atoms with E-state index in [0.717, 1.165) is 19.0 Å². The summed E-state index contributed by atoms with van der Waals surface area (Å²) in [4.78, 5) is 4.32. The summed E-state index contributed by atoms with van der Waals surface area (Å²) in [5, 5.41) is 10.5. The van der Waals surface area contributed by atoms with Crippen LogP contribution in [-0.2, 0) is 0 Å². The summed E-state index contributed by atoms with van der Waals surface area (Å²) in [6, 6.07) is 10.8. The molecule has 0 heterocycles. The van der Waals surface area contributed by atoms with E-state index in [4.69, 9.17) is 0 Å². The lowest BCUT2D eigenvalue weighted by atomic mass is 10.0. The molecule has 3 N–H and O–H groups in total. The van der Waals surface area contributed by atoms with Crippen molar-refractivity contribution in [3.05, 3.63) is 35.9 Å². The van der Waals surface area contributed by atoms with Crippen LogP contribution in [0.1, 0.15) is 46.2 Å². The molecule has 0 saturated carbocycles. The summed E-state index contributed by atoms with van der Waals surface area (Å²) in [6.07, 6.45) is 2.13. The maximum Gasteiger partial charge on any atom is 0.191 e. The highest BCUT2D eigenvalue weighted by Crippen LogP contribution is 2.19. The largest absolute Gasteiger partial charge is 0.355 e. The Morgan fingerprint density at radius 1 is 1.08 bits per heavy atom. The van der Waals surface area contributed by atoms with Crippen LogP contribution in [0.5, 0.6) is 0 Å². The van der Waals surface area contributed by atoms with E-state index in [0.29, 0.717) is 6.04 Å². The molecule has 1 atom stereocenters. The van der Waals surface area contributed by atoms with Gasteiger partial charge in [0.1, 0.15) is 0 Å². The van der Waals surface area contributed by atoms with E-state index in [1.807, 2.05) is 18.8 Å². The summed E-state index contributed by atoms with van der Waals surface area (Å²) in [7, 11) is 1.81. The molecule has 0 aliphatic carbocycles. The molecule has 1 aromatic rings. The fraction of sp³-hybridized carbons (Fsp3) is 0.632. The Bertz CT molecular complexity index is 517. The number of guanidine groups is 1. The molecular weight excluding hydrogens is 443 g/mol. The lowest BCUT2D eigenvalue weighted by Crippen LogP contribution is -2.53. The highest BCUT2D eigenvalue weighted by Gasteiger charge is 2.22. The minimum atomic E-state index is -0.0537. The van der Waals surface area contributed by atoms with Crippen LogP contribution < -0.4 is 16.0 Å². The van der Waals surface area contributed by atoms with Crippen molar-refractivity contribution in [2.75, 3.05) is 26.4 Å². The van der Waals surface area contributed by atoms with Crippen molar-refractivity contribution in [1.29, 1.82) is 0 Å². The van der Waals surface area contributed by atoms with Crippen LogP contribution in [0.25, 0.3) is 0 Å². The van der Waals surface area contributed by atoms with Gasteiger partial charge in [0.05, 0.1) is 0 Å². The lowest BCUT2D eigenvalue weighted by molar-refractivity contribution is 0.344. The van der Waals surface area contributed by atoms with Gasteiger partial charge in [-0.3, -0.25) is 4.99 Å². The fourth-order valence-electron chi connectivity index (χ4n) is 2.36. The topological polar surface area (TPSA) is 48.5 Å². The number of aliphatic imine (C=N–C) groups is 1. The second-order valence-electron chi connectivity index (χ2n) is 7.40. The molecule has 1 aromatic carbocycles. The molecule has 0 radical (unpaired) electrons. The predicted molar refractivity (Wildman–Crippen MR) is 124 cm³/mol. The Kier molecular flexibility index (Phi) is 11.1. The molecule has 6 heteroatoms. The normalized spacial score (nSPS) is 13.8. The van der Waals surface area contributed by atoms with Gasteiger partial charge >= 0.3 is 0 Å². The molecule has 1 rings (SSSR count). The molecule has 144 valence electrons. The first-order valence-electron chi connectivity index (χ1n) is 8.51. The summed E-state index contributed by atoms with van der Waals surface area (Å²) < 4.78 is 0.188. The van der Waals surface area contributed by atoms with Gasteiger partial charge in [0, 0.05) is 36.5 Å². The van der Waals surface area contributed by atoms with Gasteiger partial charge in [0.2, 0.25) is 0 Å². The van der Waals surface area contributed by atoms with E-state index >= 15 is 0 Å². The molecule has 0 saturated heterocycles. The zero-order valence-electron chi connectivity index (χ0n) is 16.6. The van der Waals surface area contributed by atoms with Crippen LogP contribution >= 0.6 is 35.7 Å². The molecule has 1 unspecified atom stereocenters. The number of hydrogen-bond donors (Lipinski definition) is 3. The van der Waals surface area contributed by atoms with E-state index in [9.17, 15) is 0 Å². The molecule has 0 aliphatic heterocycles. The molecular formula is C19H35IN4S. The second kappa shape index (κ2) is 11.3. The number of rotatable bonds is 8. The van der Waals surface area contributed by atoms with Gasteiger partial charge in [0.25, 0.3) is 0 Å². The van der Waals surface area contributed by atoms with E-state index in [2.05, 4.69) is 92.1 Å². The summed E-state index contributed by atoms with van der Waals surface area (Å²) in [5.41, 5.74) is 1.25. The average molecular weight is 478 g/mol. The minimum Gasteiger partial charge on any atom is -0.355 e. The average Bonchev–Trinajstić information content (AvgIpc) is 2.55. The van der Waals surface area contributed by atoms with Crippen LogP contribution in [0.15, 0.2) is 35.3 Å². The first-order valence-corrected chi connectivity index (χ1v) is 9.74. The maximum atomic E-state index is 4.32. The maximum absolute atomic E-state index is 4.32. The lowest BCUT2D eigenvalue weighted by Gasteiger charge is -2.32. The number of thioether (sulfide) groups is 1. The Balaban J connectivity index is 0.00000576. The predicted octanol–water partition coefficient (Wildman–Crippen LogP) is 4.04. The van der Waals surface area contributed by atoms with Crippen LogP contribution in [0.2, 0.25) is 0 Å². The zero-order chi connectivity index (χ0) is 18.2. The Labute approximate surface area is 175 Å². The van der Waals surface area contributed by atoms with Crippen molar-refractivity contribution >= 4 is 41.7 Å². The molecule has 0 aliphatic rings. The van der Waals surface area contributed by atoms with Gasteiger partial charge in [-0.05, 0) is 46.4 Å². The first kappa shape index (κ1) is 24.5. The SMILES string of the molecule is CN=C(NCC(C)(C)NC(C)c1ccccc1)NCC(C)(C)SC.I. The molecule has 0 aromatic heterocycles. The third kappa shape index (κ3) is 9.70. The monoisotopic (exact) mass is 478 g/mol. The van der Waals surface area contributed by atoms with Crippen LogP contribution in [0, 0.1) is 0 Å². The number of halogens is 1. The quantitative estimate of drug-likeness (QED) is 0.300. The third-order valence-corrected chi connectivity index (χ3v) is 5.31. The second-order valence-corrected chi connectivity index (χ2v) is 8.92. The molecule has 25 heavy (non-hydrogen) atoms. The summed E-state index contributed by atoms with van der Waals surface area (Å²) in [6.45, 7) is 12.7. The Morgan fingerprint density at radius 3 is 2.16 bits per heavy atom. The number of benzene rings is 1. The van der Waals surface area contributed by atoms with Crippen molar-refractivity contribution in [1.82, 2.24) is 16.0 Å². The standard InChI is InChI=1S/C19H34N4S.HI/c1-15(16-11-9-8-10-12-16)23-18(2,3)13-21-17(20-6)22-14-19(4,5)24-7;/h8-12,15,23H,13-14H2,1-7H3,(H2,20,21,22);1H. The fourth-order valence-corrected chi connectivity index (χ4v) is 2.57. The van der Waals surface area contributed by atoms with E-state index < -0.39 is 0 Å². The highest BCUT2D eigenvalue weighted by molar-refractivity contribution is 14.0. The van der Waals surface area contributed by atoms with E-state index in [1.165, 1.54) is 5.56 Å². The van der Waals surface area contributed by atoms with Crippen molar-refractivity contribution in [3.8, 4) is 0 Å².